The third-order valence-electron chi connectivity index (χ3n) is 8.88. The van der Waals surface area contributed by atoms with Crippen molar-refractivity contribution >= 4 is 29.0 Å². The third kappa shape index (κ3) is 3.97. The van der Waals surface area contributed by atoms with E-state index in [2.05, 4.69) is 26.8 Å². The maximum absolute atomic E-state index is 12.4. The van der Waals surface area contributed by atoms with Crippen molar-refractivity contribution in [2.24, 2.45) is 34.5 Å². The summed E-state index contributed by atoms with van der Waals surface area (Å²) in [6.45, 7) is 10.4. The predicted octanol–water partition coefficient (Wildman–Crippen LogP) is 1.38. The Balaban J connectivity index is 0.00000150. The van der Waals surface area contributed by atoms with Crippen LogP contribution in [0.3, 0.4) is 0 Å². The molecule has 4 aliphatic rings. The molecule has 158 valence electrons. The van der Waals surface area contributed by atoms with Crippen LogP contribution in [-0.2, 0) is 9.53 Å². The fourth-order valence-electron chi connectivity index (χ4n) is 7.86. The number of esters is 1. The molecule has 0 N–H and O–H groups in total. The van der Waals surface area contributed by atoms with Gasteiger partial charge in [-0.05, 0) is 73.0 Å². The Labute approximate surface area is 203 Å². The van der Waals surface area contributed by atoms with E-state index in [-0.39, 0.29) is 62.9 Å². The number of rotatable bonds is 1. The van der Waals surface area contributed by atoms with Crippen LogP contribution in [0.1, 0.15) is 79.6 Å². The minimum atomic E-state index is -0.154. The van der Waals surface area contributed by atoms with Crippen LogP contribution in [-0.4, -0.2) is 35.1 Å². The van der Waals surface area contributed by atoms with Crippen LogP contribution >= 0.6 is 0 Å². The summed E-state index contributed by atoms with van der Waals surface area (Å²) in [5, 5.41) is 12.4. The van der Waals surface area contributed by atoms with Crippen molar-refractivity contribution in [1.29, 1.82) is 0 Å². The third-order valence-corrected chi connectivity index (χ3v) is 8.88. The van der Waals surface area contributed by atoms with Gasteiger partial charge in [0.25, 0.3) is 0 Å². The van der Waals surface area contributed by atoms with E-state index in [1.54, 1.807) is 6.92 Å². The summed E-state index contributed by atoms with van der Waals surface area (Å²) in [5.74, 6) is 2.67. The minimum Gasteiger partial charge on any atom is -1.00 e. The molecule has 0 aliphatic heterocycles. The Bertz CT molecular complexity index is 713. The molecule has 3 saturated carbocycles. The molecule has 0 radical (unpaired) electrons. The molecule has 0 aromatic carbocycles. The summed E-state index contributed by atoms with van der Waals surface area (Å²) in [6, 6.07) is 0. The van der Waals surface area contributed by atoms with Gasteiger partial charge in [0.05, 0.1) is 0 Å². The zero-order valence-corrected chi connectivity index (χ0v) is 21.7. The molecule has 4 rings (SSSR count). The fraction of sp³-hybridized carbons (Fsp3) is 0.792. The van der Waals surface area contributed by atoms with E-state index in [0.29, 0.717) is 29.4 Å². The van der Waals surface area contributed by atoms with E-state index >= 15 is 0 Å². The van der Waals surface area contributed by atoms with Gasteiger partial charge in [0, 0.05) is 13.3 Å². The Morgan fingerprint density at radius 3 is 2.41 bits per heavy atom. The number of hydrogen-bond donors (Lipinski definition) is 0. The van der Waals surface area contributed by atoms with E-state index in [1.807, 2.05) is 0 Å². The zero-order valence-electron chi connectivity index (χ0n) is 18.7. The fourth-order valence-corrected chi connectivity index (χ4v) is 7.86. The van der Waals surface area contributed by atoms with Crippen molar-refractivity contribution in [1.82, 2.24) is 0 Å². The Morgan fingerprint density at radius 1 is 1.14 bits per heavy atom. The number of halogens is 1. The van der Waals surface area contributed by atoms with Gasteiger partial charge < -0.3 is 26.8 Å². The number of allylic oxidation sites excluding steroid dienone is 3. The minimum absolute atomic E-state index is 0. The first kappa shape index (κ1) is 25.3. The van der Waals surface area contributed by atoms with Gasteiger partial charge in [0.15, 0.2) is 0 Å². The van der Waals surface area contributed by atoms with Crippen molar-refractivity contribution in [3.8, 4) is 0 Å². The largest absolute Gasteiger partial charge is 2.00 e. The maximum Gasteiger partial charge on any atom is 2.00 e. The molecule has 29 heavy (non-hydrogen) atoms. The molecular weight excluding hydrogens is 440 g/mol. The standard InChI is InChI=1S/C24H36O3.BrH.Mg/c1-14-12-21-19-7-6-17-13-18(27-16(3)26)8-10-23(17,4)20(19)9-11-24(21,5)22(14)15(2)25;;/h6,14,18-21,25H,7-13H2,1-5H3;1H;/q;;+2/p-2/t14-,18+,19-,20+,21+,23+,24+;;/m1../s1. The number of fused-ring (bicyclic) bond motifs is 5. The van der Waals surface area contributed by atoms with Crippen LogP contribution in [0.15, 0.2) is 23.0 Å². The molecule has 4 aliphatic carbocycles. The number of ether oxygens (including phenoxy) is 1. The van der Waals surface area contributed by atoms with Gasteiger partial charge in [0.1, 0.15) is 6.10 Å². The molecule has 7 atom stereocenters. The van der Waals surface area contributed by atoms with E-state index in [0.717, 1.165) is 32.1 Å². The van der Waals surface area contributed by atoms with Crippen molar-refractivity contribution in [3.05, 3.63) is 23.0 Å². The number of carbonyl (C=O) groups excluding carboxylic acids is 1. The van der Waals surface area contributed by atoms with Gasteiger partial charge in [-0.3, -0.25) is 4.79 Å². The Hall–Kier alpha value is -0.00377. The summed E-state index contributed by atoms with van der Waals surface area (Å²) >= 11 is 0. The summed E-state index contributed by atoms with van der Waals surface area (Å²) in [6.07, 6.45) is 10.3. The van der Waals surface area contributed by atoms with Crippen LogP contribution in [0.4, 0.5) is 0 Å². The van der Waals surface area contributed by atoms with Crippen molar-refractivity contribution < 1.29 is 31.6 Å². The smallest absolute Gasteiger partial charge is 1.00 e. The zero-order chi connectivity index (χ0) is 19.6. The van der Waals surface area contributed by atoms with Crippen molar-refractivity contribution in [3.63, 3.8) is 0 Å². The van der Waals surface area contributed by atoms with E-state index in [1.165, 1.54) is 30.9 Å². The molecule has 0 aromatic rings. The summed E-state index contributed by atoms with van der Waals surface area (Å²) < 4.78 is 5.54. The molecule has 0 bridgehead atoms. The van der Waals surface area contributed by atoms with Gasteiger partial charge in [-0.25, -0.2) is 0 Å². The van der Waals surface area contributed by atoms with Gasteiger partial charge in [-0.2, -0.15) is 0 Å². The number of hydrogen-bond acceptors (Lipinski definition) is 3. The van der Waals surface area contributed by atoms with Crippen molar-refractivity contribution in [2.45, 2.75) is 85.7 Å². The molecule has 0 unspecified atom stereocenters. The first-order valence-corrected chi connectivity index (χ1v) is 10.9. The van der Waals surface area contributed by atoms with Crippen LogP contribution in [0, 0.1) is 34.5 Å². The van der Waals surface area contributed by atoms with Gasteiger partial charge in [-0.15, -0.1) is 5.76 Å². The summed E-state index contributed by atoms with van der Waals surface area (Å²) in [5.41, 5.74) is 3.13. The van der Waals surface area contributed by atoms with E-state index in [4.69, 9.17) is 4.74 Å². The maximum atomic E-state index is 12.4. The normalized spacial score (nSPS) is 44.7. The van der Waals surface area contributed by atoms with E-state index < -0.39 is 0 Å². The molecule has 0 spiro atoms. The van der Waals surface area contributed by atoms with Crippen LogP contribution < -0.4 is 22.1 Å². The molecule has 0 heterocycles. The average molecular weight is 476 g/mol. The topological polar surface area (TPSA) is 49.4 Å². The molecule has 0 amide bonds. The van der Waals surface area contributed by atoms with Crippen LogP contribution in [0.5, 0.6) is 0 Å². The first-order chi connectivity index (χ1) is 12.7. The average Bonchev–Trinajstić information content (AvgIpc) is 2.85. The first-order valence-electron chi connectivity index (χ1n) is 10.9. The second-order valence-electron chi connectivity index (χ2n) is 10.3. The number of carbonyl (C=O) groups is 1. The van der Waals surface area contributed by atoms with Crippen LogP contribution in [0.25, 0.3) is 0 Å². The molecular formula is C24H35BrMgO3. The Morgan fingerprint density at radius 2 is 1.79 bits per heavy atom. The van der Waals surface area contributed by atoms with Gasteiger partial charge in [0.2, 0.25) is 0 Å². The summed E-state index contributed by atoms with van der Waals surface area (Å²) in [7, 11) is 0. The monoisotopic (exact) mass is 474 g/mol. The van der Waals surface area contributed by atoms with Crippen molar-refractivity contribution in [2.75, 3.05) is 0 Å². The molecule has 5 heteroatoms. The Kier molecular flexibility index (Phi) is 7.71. The molecule has 3 nitrogen and oxygen atoms in total. The van der Waals surface area contributed by atoms with E-state index in [9.17, 15) is 9.90 Å². The molecule has 0 saturated heterocycles. The van der Waals surface area contributed by atoms with Crippen LogP contribution in [0.2, 0.25) is 0 Å². The SMILES string of the molecule is CC(=O)O[C@H]1CC[C@@]2(C)C(=CC[C@@H]3[C@@H]2CC[C@]2(C)C(=C(C)[O-])[C@H](C)C[C@@H]32)C1.[Br-].[Mg+2]. The predicted molar refractivity (Wildman–Crippen MR) is 110 cm³/mol. The molecule has 3 fully saturated rings. The van der Waals surface area contributed by atoms with Gasteiger partial charge in [-0.1, -0.05) is 44.9 Å². The van der Waals surface area contributed by atoms with Gasteiger partial charge >= 0.3 is 29.0 Å². The molecule has 0 aromatic heterocycles. The summed E-state index contributed by atoms with van der Waals surface area (Å²) in [4.78, 5) is 11.4. The second kappa shape index (κ2) is 8.86. The second-order valence-corrected chi connectivity index (χ2v) is 10.3. The quantitative estimate of drug-likeness (QED) is 0.249.